The molecule has 1 N–H and O–H groups in total. The lowest BCUT2D eigenvalue weighted by Crippen LogP contribution is -2.08. The molecule has 0 saturated carbocycles. The summed E-state index contributed by atoms with van der Waals surface area (Å²) in [5.41, 5.74) is -0.0702. The average molecular weight is 243 g/mol. The number of hydrogen-bond donors (Lipinski definition) is 1. The van der Waals surface area contributed by atoms with Crippen LogP contribution in [0, 0.1) is 5.82 Å². The molecule has 0 aliphatic rings. The maximum absolute atomic E-state index is 13.1. The van der Waals surface area contributed by atoms with Gasteiger partial charge in [-0.15, -0.1) is 23.2 Å². The summed E-state index contributed by atoms with van der Waals surface area (Å²) in [6, 6.07) is 4.07. The second kappa shape index (κ2) is 4.47. The van der Waals surface area contributed by atoms with Crippen molar-refractivity contribution in [3.8, 4) is 0 Å². The van der Waals surface area contributed by atoms with Gasteiger partial charge in [0.2, 0.25) is 0 Å². The van der Waals surface area contributed by atoms with Crippen molar-refractivity contribution in [2.24, 2.45) is 0 Å². The van der Waals surface area contributed by atoms with Gasteiger partial charge in [0.05, 0.1) is 0 Å². The van der Waals surface area contributed by atoms with Gasteiger partial charge in [-0.05, 0) is 12.1 Å². The summed E-state index contributed by atoms with van der Waals surface area (Å²) in [6.45, 7) is 0. The fourth-order valence-corrected chi connectivity index (χ4v) is 1.45. The van der Waals surface area contributed by atoms with Crippen molar-refractivity contribution in [1.29, 1.82) is 0 Å². The largest absolute Gasteiger partial charge is 0.385 e. The minimum absolute atomic E-state index is 0.0702. The van der Waals surface area contributed by atoms with E-state index in [1.54, 1.807) is 0 Å². The zero-order valence-electron chi connectivity index (χ0n) is 6.35. The van der Waals surface area contributed by atoms with Crippen LogP contribution in [0.2, 0.25) is 5.02 Å². The first-order chi connectivity index (χ1) is 6.04. The Hall–Kier alpha value is -0.0200. The van der Waals surface area contributed by atoms with Crippen LogP contribution in [-0.4, -0.2) is 9.94 Å². The predicted octanol–water partition coefficient (Wildman–Crippen LogP) is 3.32. The summed E-state index contributed by atoms with van der Waals surface area (Å²) in [7, 11) is 0. The maximum Gasteiger partial charge on any atom is 0.137 e. The highest BCUT2D eigenvalue weighted by Gasteiger charge is 2.21. The maximum atomic E-state index is 13.1. The molecule has 13 heavy (non-hydrogen) atoms. The molecule has 0 aliphatic carbocycles. The van der Waals surface area contributed by atoms with Crippen LogP contribution in [0.15, 0.2) is 18.2 Å². The van der Waals surface area contributed by atoms with E-state index in [2.05, 4.69) is 0 Å². The van der Waals surface area contributed by atoms with Crippen LogP contribution in [0.4, 0.5) is 4.39 Å². The predicted molar refractivity (Wildman–Crippen MR) is 51.9 cm³/mol. The monoisotopic (exact) mass is 242 g/mol. The van der Waals surface area contributed by atoms with Gasteiger partial charge in [-0.3, -0.25) is 0 Å². The quantitative estimate of drug-likeness (QED) is 0.790. The molecule has 1 atom stereocenters. The molecule has 0 aliphatic heterocycles. The number of alkyl halides is 2. The molecular weight excluding hydrogens is 237 g/mol. The van der Waals surface area contributed by atoms with Crippen molar-refractivity contribution < 1.29 is 9.50 Å². The van der Waals surface area contributed by atoms with Crippen LogP contribution < -0.4 is 0 Å². The van der Waals surface area contributed by atoms with Gasteiger partial charge in [-0.2, -0.15) is 0 Å². The third-order valence-electron chi connectivity index (χ3n) is 1.53. The highest BCUT2D eigenvalue weighted by Crippen LogP contribution is 2.31. The lowest BCUT2D eigenvalue weighted by Gasteiger charge is -2.13. The number of aliphatic hydroxyl groups excluding tert-OH is 1. The third-order valence-corrected chi connectivity index (χ3v) is 2.34. The molecule has 1 aromatic rings. The van der Waals surface area contributed by atoms with E-state index in [1.807, 2.05) is 0 Å². The Kier molecular flexibility index (Phi) is 3.80. The first-order valence-electron chi connectivity index (χ1n) is 3.44. The third kappa shape index (κ3) is 2.47. The lowest BCUT2D eigenvalue weighted by molar-refractivity contribution is 0.188. The highest BCUT2D eigenvalue weighted by molar-refractivity contribution is 6.44. The van der Waals surface area contributed by atoms with Gasteiger partial charge >= 0.3 is 0 Å². The molecule has 1 aromatic carbocycles. The van der Waals surface area contributed by atoms with E-state index >= 15 is 0 Å². The van der Waals surface area contributed by atoms with Crippen molar-refractivity contribution in [1.82, 2.24) is 0 Å². The molecule has 5 heteroatoms. The summed E-state index contributed by atoms with van der Waals surface area (Å²) in [6.07, 6.45) is -1.31. The van der Waals surface area contributed by atoms with Crippen LogP contribution in [0.1, 0.15) is 11.7 Å². The van der Waals surface area contributed by atoms with Crippen LogP contribution in [0.5, 0.6) is 0 Å². The van der Waals surface area contributed by atoms with Crippen LogP contribution in [-0.2, 0) is 0 Å². The zero-order valence-corrected chi connectivity index (χ0v) is 8.61. The first kappa shape index (κ1) is 11.1. The number of halogens is 4. The molecular formula is C8H6Cl3FO. The Balaban J connectivity index is 3.12. The molecule has 0 saturated heterocycles. The van der Waals surface area contributed by atoms with Gasteiger partial charge in [0, 0.05) is 10.6 Å². The SMILES string of the molecule is OC(c1c(F)cccc1Cl)C(Cl)Cl. The van der Waals surface area contributed by atoms with E-state index in [4.69, 9.17) is 34.8 Å². The van der Waals surface area contributed by atoms with Crippen LogP contribution in [0.25, 0.3) is 0 Å². The number of benzene rings is 1. The van der Waals surface area contributed by atoms with Crippen molar-refractivity contribution in [3.63, 3.8) is 0 Å². The molecule has 1 rings (SSSR count). The average Bonchev–Trinajstić information content (AvgIpc) is 2.03. The zero-order chi connectivity index (χ0) is 10.0. The van der Waals surface area contributed by atoms with Gasteiger partial charge in [-0.1, -0.05) is 17.7 Å². The standard InChI is InChI=1S/C8H6Cl3FO/c9-4-2-1-3-5(12)6(4)7(13)8(10)11/h1-3,7-8,13H. The smallest absolute Gasteiger partial charge is 0.137 e. The van der Waals surface area contributed by atoms with E-state index < -0.39 is 16.8 Å². The van der Waals surface area contributed by atoms with Crippen LogP contribution >= 0.6 is 34.8 Å². The first-order valence-corrected chi connectivity index (χ1v) is 4.69. The van der Waals surface area contributed by atoms with E-state index in [0.717, 1.165) is 0 Å². The van der Waals surface area contributed by atoms with Crippen molar-refractivity contribution in [2.45, 2.75) is 10.9 Å². The Morgan fingerprint density at radius 3 is 2.38 bits per heavy atom. The number of rotatable bonds is 2. The van der Waals surface area contributed by atoms with Crippen LogP contribution in [0.3, 0.4) is 0 Å². The fourth-order valence-electron chi connectivity index (χ4n) is 0.919. The fraction of sp³-hybridized carbons (Fsp3) is 0.250. The van der Waals surface area contributed by atoms with Crippen molar-refractivity contribution in [2.75, 3.05) is 0 Å². The molecule has 0 aromatic heterocycles. The minimum atomic E-state index is -1.31. The van der Waals surface area contributed by atoms with Crippen molar-refractivity contribution in [3.05, 3.63) is 34.6 Å². The Morgan fingerprint density at radius 1 is 1.31 bits per heavy atom. The normalized spacial score (nSPS) is 13.4. The van der Waals surface area contributed by atoms with E-state index in [9.17, 15) is 9.50 Å². The molecule has 0 bridgehead atoms. The Bertz CT molecular complexity index is 283. The summed E-state index contributed by atoms with van der Waals surface area (Å²) in [5.74, 6) is -0.619. The molecule has 0 amide bonds. The number of hydrogen-bond acceptors (Lipinski definition) is 1. The molecule has 72 valence electrons. The summed E-state index contributed by atoms with van der Waals surface area (Å²) in [4.78, 5) is -1.10. The van der Waals surface area contributed by atoms with E-state index in [-0.39, 0.29) is 10.6 Å². The minimum Gasteiger partial charge on any atom is -0.385 e. The molecule has 0 heterocycles. The summed E-state index contributed by atoms with van der Waals surface area (Å²) >= 11 is 16.4. The molecule has 0 radical (unpaired) electrons. The topological polar surface area (TPSA) is 20.2 Å². The van der Waals surface area contributed by atoms with Gasteiger partial charge < -0.3 is 5.11 Å². The Labute approximate surface area is 90.0 Å². The number of aliphatic hydroxyl groups is 1. The molecule has 0 spiro atoms. The second-order valence-electron chi connectivity index (χ2n) is 2.41. The van der Waals surface area contributed by atoms with Crippen molar-refractivity contribution >= 4 is 34.8 Å². The van der Waals surface area contributed by atoms with Gasteiger partial charge in [0.25, 0.3) is 0 Å². The summed E-state index contributed by atoms with van der Waals surface area (Å²) in [5, 5.41) is 9.48. The van der Waals surface area contributed by atoms with E-state index in [1.165, 1.54) is 18.2 Å². The highest BCUT2D eigenvalue weighted by atomic mass is 35.5. The van der Waals surface area contributed by atoms with Gasteiger partial charge in [-0.25, -0.2) is 4.39 Å². The molecule has 1 unspecified atom stereocenters. The summed E-state index contributed by atoms with van der Waals surface area (Å²) < 4.78 is 13.1. The van der Waals surface area contributed by atoms with E-state index in [0.29, 0.717) is 0 Å². The molecule has 1 nitrogen and oxygen atoms in total. The lowest BCUT2D eigenvalue weighted by atomic mass is 10.1. The Morgan fingerprint density at radius 2 is 1.92 bits per heavy atom. The van der Waals surface area contributed by atoms with Gasteiger partial charge in [0.1, 0.15) is 16.8 Å². The second-order valence-corrected chi connectivity index (χ2v) is 3.99. The van der Waals surface area contributed by atoms with Gasteiger partial charge in [0.15, 0.2) is 0 Å². The molecule has 0 fully saturated rings.